The molecule has 1 saturated heterocycles. The lowest BCUT2D eigenvalue weighted by Gasteiger charge is -2.62. The molecule has 0 amide bonds. The molecule has 1 aliphatic heterocycles. The summed E-state index contributed by atoms with van der Waals surface area (Å²) in [6.07, 6.45) is 7.50. The lowest BCUT2D eigenvalue weighted by molar-refractivity contribution is -0.201. The summed E-state index contributed by atoms with van der Waals surface area (Å²) in [6, 6.07) is 0. The summed E-state index contributed by atoms with van der Waals surface area (Å²) in [5, 5.41) is 0. The minimum Gasteiger partial charge on any atom is -0.469 e. The van der Waals surface area contributed by atoms with Crippen LogP contribution in [-0.2, 0) is 28.6 Å². The summed E-state index contributed by atoms with van der Waals surface area (Å²) in [4.78, 5) is 37.5. The predicted octanol–water partition coefficient (Wildman–Crippen LogP) is 3.62. The molecule has 4 aliphatic carbocycles. The molecule has 0 bridgehead atoms. The van der Waals surface area contributed by atoms with E-state index >= 15 is 0 Å². The summed E-state index contributed by atoms with van der Waals surface area (Å²) < 4.78 is 17.5. The predicted molar refractivity (Wildman–Crippen MR) is 112 cm³/mol. The number of ether oxygens (including phenoxy) is 3. The fourth-order valence-electron chi connectivity index (χ4n) is 8.54. The van der Waals surface area contributed by atoms with Crippen LogP contribution in [0.25, 0.3) is 0 Å². The van der Waals surface area contributed by atoms with Crippen molar-refractivity contribution in [3.05, 3.63) is 11.6 Å². The van der Waals surface area contributed by atoms with Crippen LogP contribution in [0, 0.1) is 34.5 Å². The first-order chi connectivity index (χ1) is 14.7. The van der Waals surface area contributed by atoms with E-state index < -0.39 is 5.60 Å². The molecule has 1 heterocycles. The maximum absolute atomic E-state index is 13.1. The van der Waals surface area contributed by atoms with Gasteiger partial charge in [0.25, 0.3) is 0 Å². The van der Waals surface area contributed by atoms with Gasteiger partial charge in [0.05, 0.1) is 19.1 Å². The van der Waals surface area contributed by atoms with E-state index in [-0.39, 0.29) is 58.3 Å². The minimum atomic E-state index is -0.448. The second kappa shape index (κ2) is 6.90. The van der Waals surface area contributed by atoms with Gasteiger partial charge < -0.3 is 14.2 Å². The van der Waals surface area contributed by atoms with Crippen LogP contribution in [0.5, 0.6) is 0 Å². The van der Waals surface area contributed by atoms with Crippen molar-refractivity contribution < 1.29 is 28.6 Å². The molecule has 0 aromatic carbocycles. The van der Waals surface area contributed by atoms with Crippen molar-refractivity contribution in [2.75, 3.05) is 14.2 Å². The van der Waals surface area contributed by atoms with Gasteiger partial charge in [0, 0.05) is 25.4 Å². The van der Waals surface area contributed by atoms with Gasteiger partial charge in [-0.15, -0.1) is 0 Å². The summed E-state index contributed by atoms with van der Waals surface area (Å²) in [7, 11) is 3.21. The standard InChI is InChI=1S/C25H34O6/c1-23-8-5-15(26)11-14(23)12-16(22(28)30-4)20-17-6-9-25(10-7-19(27)31-25)24(17,2)13-18(29-3)21(20)23/h11,16-18,20-21H,5-10,12-13H2,1-4H3/t16-,17+,18-,20+,21?,23+,24+,25-/m1/s1. The number of esters is 2. The minimum absolute atomic E-state index is 0.0606. The van der Waals surface area contributed by atoms with Crippen LogP contribution in [0.2, 0.25) is 0 Å². The van der Waals surface area contributed by atoms with Crippen molar-refractivity contribution in [3.8, 4) is 0 Å². The molecule has 0 aromatic rings. The second-order valence-electron chi connectivity index (χ2n) is 11.0. The first-order valence-corrected chi connectivity index (χ1v) is 11.8. The molecule has 0 N–H and O–H groups in total. The zero-order valence-electron chi connectivity index (χ0n) is 19.1. The lowest BCUT2D eigenvalue weighted by atomic mass is 9.43. The topological polar surface area (TPSA) is 78.9 Å². The summed E-state index contributed by atoms with van der Waals surface area (Å²) in [6.45, 7) is 4.53. The van der Waals surface area contributed by atoms with Crippen LogP contribution in [0.1, 0.15) is 65.2 Å². The molecule has 0 aromatic heterocycles. The third-order valence-corrected chi connectivity index (χ3v) is 10.1. The van der Waals surface area contributed by atoms with Gasteiger partial charge in [-0.1, -0.05) is 19.4 Å². The molecule has 0 radical (unpaired) electrons. The number of carbonyl (C=O) groups is 3. The molecule has 6 heteroatoms. The van der Waals surface area contributed by atoms with Gasteiger partial charge in [-0.3, -0.25) is 14.4 Å². The molecule has 8 atom stereocenters. The average Bonchev–Trinajstić information content (AvgIpc) is 3.27. The van der Waals surface area contributed by atoms with Gasteiger partial charge in [0.2, 0.25) is 0 Å². The van der Waals surface area contributed by atoms with E-state index in [1.807, 2.05) is 0 Å². The van der Waals surface area contributed by atoms with Crippen molar-refractivity contribution in [2.45, 2.75) is 76.9 Å². The highest BCUT2D eigenvalue weighted by atomic mass is 16.6. The van der Waals surface area contributed by atoms with E-state index in [9.17, 15) is 14.4 Å². The normalized spacial score (nSPS) is 48.5. The van der Waals surface area contributed by atoms with E-state index in [4.69, 9.17) is 14.2 Å². The van der Waals surface area contributed by atoms with Crippen molar-refractivity contribution in [1.82, 2.24) is 0 Å². The smallest absolute Gasteiger partial charge is 0.309 e. The number of rotatable bonds is 2. The van der Waals surface area contributed by atoms with Gasteiger partial charge in [0.1, 0.15) is 5.60 Å². The van der Waals surface area contributed by atoms with E-state index in [0.717, 1.165) is 37.7 Å². The number of allylic oxidation sites excluding steroid dienone is 1. The Morgan fingerprint density at radius 3 is 2.55 bits per heavy atom. The van der Waals surface area contributed by atoms with Crippen molar-refractivity contribution in [2.24, 2.45) is 34.5 Å². The number of carbonyl (C=O) groups excluding carboxylic acids is 3. The number of fused-ring (bicyclic) bond motifs is 6. The van der Waals surface area contributed by atoms with Crippen LogP contribution in [0.4, 0.5) is 0 Å². The second-order valence-corrected chi connectivity index (χ2v) is 11.0. The van der Waals surface area contributed by atoms with Gasteiger partial charge >= 0.3 is 11.9 Å². The molecule has 6 nitrogen and oxygen atoms in total. The Morgan fingerprint density at radius 1 is 1.13 bits per heavy atom. The van der Waals surface area contributed by atoms with Crippen LogP contribution in [0.3, 0.4) is 0 Å². The van der Waals surface area contributed by atoms with Crippen LogP contribution < -0.4 is 0 Å². The maximum Gasteiger partial charge on any atom is 0.309 e. The van der Waals surface area contributed by atoms with E-state index in [1.54, 1.807) is 13.2 Å². The number of ketones is 1. The largest absolute Gasteiger partial charge is 0.469 e. The van der Waals surface area contributed by atoms with Crippen LogP contribution in [-0.4, -0.2) is 43.6 Å². The van der Waals surface area contributed by atoms with E-state index in [2.05, 4.69) is 13.8 Å². The van der Waals surface area contributed by atoms with Gasteiger partial charge in [0.15, 0.2) is 5.78 Å². The van der Waals surface area contributed by atoms with Crippen molar-refractivity contribution in [3.63, 3.8) is 0 Å². The summed E-state index contributed by atoms with van der Waals surface area (Å²) in [5.41, 5.74) is 0.255. The first kappa shape index (κ1) is 21.2. The van der Waals surface area contributed by atoms with Crippen molar-refractivity contribution in [1.29, 1.82) is 0 Å². The molecule has 5 aliphatic rings. The fraction of sp³-hybridized carbons (Fsp3) is 0.800. The molecule has 5 rings (SSSR count). The number of hydrogen-bond acceptors (Lipinski definition) is 6. The van der Waals surface area contributed by atoms with Gasteiger partial charge in [-0.25, -0.2) is 0 Å². The Balaban J connectivity index is 1.64. The highest BCUT2D eigenvalue weighted by molar-refractivity contribution is 5.92. The lowest BCUT2D eigenvalue weighted by Crippen LogP contribution is -2.63. The average molecular weight is 431 g/mol. The molecule has 31 heavy (non-hydrogen) atoms. The summed E-state index contributed by atoms with van der Waals surface area (Å²) in [5.74, 6) is 0.0465. The van der Waals surface area contributed by atoms with Crippen LogP contribution in [0.15, 0.2) is 11.6 Å². The highest BCUT2D eigenvalue weighted by Crippen LogP contribution is 2.71. The van der Waals surface area contributed by atoms with Crippen molar-refractivity contribution >= 4 is 17.7 Å². The Bertz CT molecular complexity index is 862. The SMILES string of the molecule is COC(=O)[C@@H]1CC2=CC(=O)CC[C@]2(C)C2[C@@H]1[C@@H]1CC[C@@]3(CCC(=O)O3)[C@@]1(C)C[C@H]2OC. The Morgan fingerprint density at radius 2 is 1.90 bits per heavy atom. The molecule has 3 saturated carbocycles. The quantitative estimate of drug-likeness (QED) is 0.623. The molecule has 4 fully saturated rings. The number of hydrogen-bond donors (Lipinski definition) is 0. The third kappa shape index (κ3) is 2.69. The molecule has 1 unspecified atom stereocenters. The zero-order valence-corrected chi connectivity index (χ0v) is 19.1. The molecular weight excluding hydrogens is 396 g/mol. The molecule has 1 spiro atoms. The summed E-state index contributed by atoms with van der Waals surface area (Å²) >= 11 is 0. The maximum atomic E-state index is 13.1. The third-order valence-electron chi connectivity index (χ3n) is 10.1. The Labute approximate surface area is 184 Å². The fourth-order valence-corrected chi connectivity index (χ4v) is 8.54. The van der Waals surface area contributed by atoms with Crippen LogP contribution >= 0.6 is 0 Å². The molecule has 170 valence electrons. The Hall–Kier alpha value is -1.69. The van der Waals surface area contributed by atoms with Gasteiger partial charge in [-0.05, 0) is 67.8 Å². The van der Waals surface area contributed by atoms with Gasteiger partial charge in [-0.2, -0.15) is 0 Å². The zero-order chi connectivity index (χ0) is 22.2. The molecular formula is C25H34O6. The Kier molecular flexibility index (Phi) is 4.71. The monoisotopic (exact) mass is 430 g/mol. The van der Waals surface area contributed by atoms with E-state index in [0.29, 0.717) is 19.3 Å². The van der Waals surface area contributed by atoms with E-state index in [1.165, 1.54) is 7.11 Å². The highest BCUT2D eigenvalue weighted by Gasteiger charge is 2.71. The first-order valence-electron chi connectivity index (χ1n) is 11.8. The number of methoxy groups -OCH3 is 2.